The van der Waals surface area contributed by atoms with Crippen LogP contribution in [-0.4, -0.2) is 25.3 Å². The van der Waals surface area contributed by atoms with Gasteiger partial charge in [-0.25, -0.2) is 0 Å². The maximum Gasteiger partial charge on any atom is 0.303 e. The highest BCUT2D eigenvalue weighted by molar-refractivity contribution is 5.67. The van der Waals surface area contributed by atoms with Crippen molar-refractivity contribution in [1.82, 2.24) is 0 Å². The number of hydrogen-bond acceptors (Lipinski definition) is 2. The van der Waals surface area contributed by atoms with Gasteiger partial charge in [0.1, 0.15) is 0 Å². The summed E-state index contributed by atoms with van der Waals surface area (Å²) < 4.78 is 4.25. The largest absolute Gasteiger partial charge is 0.481 e. The molecule has 21 heavy (non-hydrogen) atoms. The Morgan fingerprint density at radius 2 is 1.52 bits per heavy atom. The van der Waals surface area contributed by atoms with E-state index >= 15 is 0 Å². The number of aliphatic carboxylic acids is 1. The SMILES string of the molecule is COC.O=C(O)CC1CCC2(CC2)C2CCC3(CC3)C2C1. The molecule has 4 aliphatic rings. The van der Waals surface area contributed by atoms with Crippen LogP contribution in [0.5, 0.6) is 0 Å². The average Bonchev–Trinajstić information content (AvgIpc) is 3.30. The van der Waals surface area contributed by atoms with Crippen LogP contribution in [0.1, 0.15) is 64.2 Å². The Labute approximate surface area is 128 Å². The van der Waals surface area contributed by atoms with Gasteiger partial charge < -0.3 is 9.84 Å². The zero-order valence-electron chi connectivity index (χ0n) is 13.6. The van der Waals surface area contributed by atoms with Crippen LogP contribution < -0.4 is 0 Å². The number of hydrogen-bond donors (Lipinski definition) is 1. The lowest BCUT2D eigenvalue weighted by atomic mass is 9.76. The molecule has 0 radical (unpaired) electrons. The number of rotatable bonds is 2. The molecule has 3 unspecified atom stereocenters. The van der Waals surface area contributed by atoms with E-state index < -0.39 is 5.97 Å². The molecular formula is C18H30O3. The van der Waals surface area contributed by atoms with Gasteiger partial charge in [0.25, 0.3) is 0 Å². The first-order chi connectivity index (χ1) is 10.1. The van der Waals surface area contributed by atoms with Gasteiger partial charge in [0.05, 0.1) is 0 Å². The first-order valence-electron chi connectivity index (χ1n) is 8.67. The van der Waals surface area contributed by atoms with Gasteiger partial charge in [0, 0.05) is 20.6 Å². The molecule has 2 spiro atoms. The van der Waals surface area contributed by atoms with Crippen molar-refractivity contribution in [1.29, 1.82) is 0 Å². The minimum absolute atomic E-state index is 0.426. The molecule has 4 aliphatic carbocycles. The van der Waals surface area contributed by atoms with E-state index in [0.29, 0.717) is 23.2 Å². The summed E-state index contributed by atoms with van der Waals surface area (Å²) in [4.78, 5) is 11.0. The summed E-state index contributed by atoms with van der Waals surface area (Å²) in [7, 11) is 3.25. The van der Waals surface area contributed by atoms with Gasteiger partial charge in [0.15, 0.2) is 0 Å². The topological polar surface area (TPSA) is 46.5 Å². The summed E-state index contributed by atoms with van der Waals surface area (Å²) in [5.74, 6) is 1.77. The maximum atomic E-state index is 11.0. The fourth-order valence-electron chi connectivity index (χ4n) is 5.55. The van der Waals surface area contributed by atoms with Gasteiger partial charge in [-0.3, -0.25) is 4.79 Å². The molecule has 0 heterocycles. The molecule has 0 bridgehead atoms. The molecule has 0 saturated heterocycles. The third-order valence-corrected chi connectivity index (χ3v) is 6.90. The minimum Gasteiger partial charge on any atom is -0.481 e. The predicted octanol–water partition coefficient (Wildman–Crippen LogP) is 4.11. The molecule has 3 atom stereocenters. The molecule has 0 aromatic heterocycles. The van der Waals surface area contributed by atoms with Crippen LogP contribution >= 0.6 is 0 Å². The van der Waals surface area contributed by atoms with E-state index in [2.05, 4.69) is 4.74 Å². The molecule has 1 N–H and O–H groups in total. The Kier molecular flexibility index (Phi) is 4.06. The molecule has 120 valence electrons. The third-order valence-electron chi connectivity index (χ3n) is 6.90. The smallest absolute Gasteiger partial charge is 0.303 e. The van der Waals surface area contributed by atoms with Crippen LogP contribution in [-0.2, 0) is 9.53 Å². The number of methoxy groups -OCH3 is 1. The first-order valence-corrected chi connectivity index (χ1v) is 8.67. The lowest BCUT2D eigenvalue weighted by Crippen LogP contribution is -2.23. The van der Waals surface area contributed by atoms with Gasteiger partial charge in [0.2, 0.25) is 0 Å². The lowest BCUT2D eigenvalue weighted by molar-refractivity contribution is -0.138. The van der Waals surface area contributed by atoms with Crippen LogP contribution in [0.3, 0.4) is 0 Å². The number of fused-ring (bicyclic) bond motifs is 3. The highest BCUT2D eigenvalue weighted by atomic mass is 16.4. The van der Waals surface area contributed by atoms with E-state index in [-0.39, 0.29) is 0 Å². The number of ether oxygens (including phenoxy) is 1. The van der Waals surface area contributed by atoms with Crippen LogP contribution in [0.4, 0.5) is 0 Å². The molecule has 4 fully saturated rings. The van der Waals surface area contributed by atoms with Crippen molar-refractivity contribution in [2.45, 2.75) is 64.2 Å². The summed E-state index contributed by atoms with van der Waals surface area (Å²) in [6.45, 7) is 0. The van der Waals surface area contributed by atoms with E-state index in [1.807, 2.05) is 0 Å². The highest BCUT2D eigenvalue weighted by Crippen LogP contribution is 2.73. The standard InChI is InChI=1S/C16H24O2.C2H6O/c17-14(18)10-11-1-3-15(5-6-15)12-2-4-16(7-8-16)13(12)9-11;1-3-2/h11-13H,1-10H2,(H,17,18);1-2H3. The zero-order chi connectivity index (χ0) is 15.1. The number of carbonyl (C=O) groups is 1. The summed E-state index contributed by atoms with van der Waals surface area (Å²) in [5.41, 5.74) is 1.38. The molecule has 4 saturated carbocycles. The van der Waals surface area contributed by atoms with Gasteiger partial charge in [-0.1, -0.05) is 0 Å². The van der Waals surface area contributed by atoms with Crippen LogP contribution in [0, 0.1) is 28.6 Å². The molecular weight excluding hydrogens is 264 g/mol. The second kappa shape index (κ2) is 5.57. The molecule has 0 aliphatic heterocycles. The number of carboxylic acid groups (broad SMARTS) is 1. The first kappa shape index (κ1) is 15.3. The van der Waals surface area contributed by atoms with Crippen molar-refractivity contribution in [3.63, 3.8) is 0 Å². The van der Waals surface area contributed by atoms with E-state index in [0.717, 1.165) is 11.8 Å². The normalized spacial score (nSPS) is 37.3. The average molecular weight is 294 g/mol. The zero-order valence-corrected chi connectivity index (χ0v) is 13.6. The molecule has 0 aromatic rings. The lowest BCUT2D eigenvalue weighted by Gasteiger charge is -2.29. The monoisotopic (exact) mass is 294 g/mol. The summed E-state index contributed by atoms with van der Waals surface area (Å²) in [5, 5.41) is 9.09. The Morgan fingerprint density at radius 3 is 2.05 bits per heavy atom. The molecule has 3 nitrogen and oxygen atoms in total. The van der Waals surface area contributed by atoms with Crippen molar-refractivity contribution in [2.24, 2.45) is 28.6 Å². The minimum atomic E-state index is -0.578. The molecule has 3 heteroatoms. The quantitative estimate of drug-likeness (QED) is 0.833. The Balaban J connectivity index is 0.000000409. The molecule has 4 rings (SSSR count). The fraction of sp³-hybridized carbons (Fsp3) is 0.944. The van der Waals surface area contributed by atoms with Gasteiger partial charge in [-0.2, -0.15) is 0 Å². The second-order valence-electron chi connectivity index (χ2n) is 8.12. The van der Waals surface area contributed by atoms with Gasteiger partial charge >= 0.3 is 5.97 Å². The fourth-order valence-corrected chi connectivity index (χ4v) is 5.55. The summed E-state index contributed by atoms with van der Waals surface area (Å²) >= 11 is 0. The predicted molar refractivity (Wildman–Crippen MR) is 82.1 cm³/mol. The van der Waals surface area contributed by atoms with Gasteiger partial charge in [-0.15, -0.1) is 0 Å². The van der Waals surface area contributed by atoms with E-state index in [9.17, 15) is 4.79 Å². The number of carboxylic acids is 1. The van der Waals surface area contributed by atoms with Crippen molar-refractivity contribution < 1.29 is 14.6 Å². The van der Waals surface area contributed by atoms with Crippen molar-refractivity contribution in [3.8, 4) is 0 Å². The van der Waals surface area contributed by atoms with Crippen molar-refractivity contribution in [3.05, 3.63) is 0 Å². The maximum absolute atomic E-state index is 11.0. The molecule has 0 aromatic carbocycles. The van der Waals surface area contributed by atoms with Crippen LogP contribution in [0.15, 0.2) is 0 Å². The van der Waals surface area contributed by atoms with E-state index in [1.54, 1.807) is 14.2 Å². The third kappa shape index (κ3) is 2.86. The Morgan fingerprint density at radius 1 is 1.00 bits per heavy atom. The van der Waals surface area contributed by atoms with Gasteiger partial charge in [-0.05, 0) is 86.4 Å². The van der Waals surface area contributed by atoms with Crippen LogP contribution in [0.2, 0.25) is 0 Å². The van der Waals surface area contributed by atoms with E-state index in [1.165, 1.54) is 57.8 Å². The van der Waals surface area contributed by atoms with E-state index in [4.69, 9.17) is 5.11 Å². The highest BCUT2D eigenvalue weighted by Gasteiger charge is 2.64. The second-order valence-corrected chi connectivity index (χ2v) is 8.12. The van der Waals surface area contributed by atoms with Crippen molar-refractivity contribution in [2.75, 3.05) is 14.2 Å². The van der Waals surface area contributed by atoms with Crippen LogP contribution in [0.25, 0.3) is 0 Å². The Hall–Kier alpha value is -0.570. The van der Waals surface area contributed by atoms with Crippen molar-refractivity contribution >= 4 is 5.97 Å². The Bertz CT molecular complexity index is 395. The summed E-state index contributed by atoms with van der Waals surface area (Å²) in [6, 6.07) is 0. The summed E-state index contributed by atoms with van der Waals surface area (Å²) in [6.07, 6.45) is 12.9. The molecule has 0 amide bonds.